The minimum absolute atomic E-state index is 0.0125. The fourth-order valence-electron chi connectivity index (χ4n) is 2.29. The highest BCUT2D eigenvalue weighted by molar-refractivity contribution is 6.31. The van der Waals surface area contributed by atoms with E-state index in [1.165, 1.54) is 0 Å². The SMILES string of the molecule is CC1CC=CCC1COCC(=O)c1cccc(Cl)c1. The van der Waals surface area contributed by atoms with Gasteiger partial charge < -0.3 is 4.74 Å². The van der Waals surface area contributed by atoms with Crippen molar-refractivity contribution in [2.45, 2.75) is 19.8 Å². The highest BCUT2D eigenvalue weighted by atomic mass is 35.5. The van der Waals surface area contributed by atoms with Crippen LogP contribution < -0.4 is 0 Å². The Bertz CT molecular complexity index is 468. The highest BCUT2D eigenvalue weighted by Gasteiger charge is 2.18. The van der Waals surface area contributed by atoms with Gasteiger partial charge in [-0.05, 0) is 36.8 Å². The van der Waals surface area contributed by atoms with Crippen LogP contribution in [-0.4, -0.2) is 19.0 Å². The Morgan fingerprint density at radius 2 is 2.16 bits per heavy atom. The first-order chi connectivity index (χ1) is 9.16. The van der Waals surface area contributed by atoms with Gasteiger partial charge in [0.15, 0.2) is 5.78 Å². The quantitative estimate of drug-likeness (QED) is 0.598. The molecule has 0 bridgehead atoms. The monoisotopic (exact) mass is 278 g/mol. The third kappa shape index (κ3) is 4.19. The molecule has 0 aliphatic heterocycles. The van der Waals surface area contributed by atoms with E-state index in [2.05, 4.69) is 19.1 Å². The smallest absolute Gasteiger partial charge is 0.188 e. The molecule has 0 aromatic heterocycles. The topological polar surface area (TPSA) is 26.3 Å². The molecule has 0 fully saturated rings. The second kappa shape index (κ2) is 6.88. The maximum Gasteiger partial charge on any atom is 0.188 e. The second-order valence-corrected chi connectivity index (χ2v) is 5.57. The lowest BCUT2D eigenvalue weighted by atomic mass is 9.85. The highest BCUT2D eigenvalue weighted by Crippen LogP contribution is 2.25. The van der Waals surface area contributed by atoms with Crippen molar-refractivity contribution in [2.24, 2.45) is 11.8 Å². The van der Waals surface area contributed by atoms with Crippen LogP contribution in [0, 0.1) is 11.8 Å². The fraction of sp³-hybridized carbons (Fsp3) is 0.438. The molecule has 3 heteroatoms. The molecule has 0 radical (unpaired) electrons. The molecule has 0 spiro atoms. The Labute approximate surface area is 119 Å². The molecule has 1 aromatic carbocycles. The zero-order valence-corrected chi connectivity index (χ0v) is 11.9. The summed E-state index contributed by atoms with van der Waals surface area (Å²) in [4.78, 5) is 11.9. The molecule has 2 nitrogen and oxygen atoms in total. The maximum absolute atomic E-state index is 11.9. The van der Waals surface area contributed by atoms with Gasteiger partial charge in [0.25, 0.3) is 0 Å². The molecule has 2 atom stereocenters. The molecule has 2 unspecified atom stereocenters. The van der Waals surface area contributed by atoms with Crippen LogP contribution in [0.3, 0.4) is 0 Å². The van der Waals surface area contributed by atoms with E-state index in [1.54, 1.807) is 24.3 Å². The van der Waals surface area contributed by atoms with Crippen LogP contribution in [0.25, 0.3) is 0 Å². The molecule has 0 amide bonds. The molecule has 0 N–H and O–H groups in total. The van der Waals surface area contributed by atoms with Crippen molar-refractivity contribution < 1.29 is 9.53 Å². The van der Waals surface area contributed by atoms with Gasteiger partial charge in [0.1, 0.15) is 6.61 Å². The van der Waals surface area contributed by atoms with Crippen LogP contribution in [0.4, 0.5) is 0 Å². The Hall–Kier alpha value is -1.12. The molecule has 19 heavy (non-hydrogen) atoms. The molecule has 0 heterocycles. The zero-order valence-electron chi connectivity index (χ0n) is 11.1. The standard InChI is InChI=1S/C16H19ClO2/c1-12-5-2-3-6-14(12)10-19-11-16(18)13-7-4-8-15(17)9-13/h2-4,7-9,12,14H,5-6,10-11H2,1H3. The Morgan fingerprint density at radius 1 is 1.37 bits per heavy atom. The summed E-state index contributed by atoms with van der Waals surface area (Å²) in [7, 11) is 0. The molecule has 1 aromatic rings. The van der Waals surface area contributed by atoms with Gasteiger partial charge in [0, 0.05) is 10.6 Å². The number of hydrogen-bond acceptors (Lipinski definition) is 2. The second-order valence-electron chi connectivity index (χ2n) is 5.13. The van der Waals surface area contributed by atoms with Gasteiger partial charge in [0.2, 0.25) is 0 Å². The summed E-state index contributed by atoms with van der Waals surface area (Å²) >= 11 is 5.86. The number of hydrogen-bond donors (Lipinski definition) is 0. The van der Waals surface area contributed by atoms with E-state index in [-0.39, 0.29) is 12.4 Å². The summed E-state index contributed by atoms with van der Waals surface area (Å²) in [6.07, 6.45) is 6.58. The van der Waals surface area contributed by atoms with Crippen molar-refractivity contribution in [1.82, 2.24) is 0 Å². The van der Waals surface area contributed by atoms with Crippen LogP contribution in [-0.2, 0) is 4.74 Å². The molecule has 1 aliphatic carbocycles. The van der Waals surface area contributed by atoms with Gasteiger partial charge in [-0.15, -0.1) is 0 Å². The average molecular weight is 279 g/mol. The van der Waals surface area contributed by atoms with Crippen LogP contribution in [0.5, 0.6) is 0 Å². The minimum Gasteiger partial charge on any atom is -0.373 e. The number of benzene rings is 1. The van der Waals surface area contributed by atoms with Crippen molar-refractivity contribution >= 4 is 17.4 Å². The first kappa shape index (κ1) is 14.3. The van der Waals surface area contributed by atoms with Crippen LogP contribution >= 0.6 is 11.6 Å². The maximum atomic E-state index is 11.9. The number of Topliss-reactive ketones (excluding diaryl/α,β-unsaturated/α-hetero) is 1. The van der Waals surface area contributed by atoms with Gasteiger partial charge in [-0.3, -0.25) is 4.79 Å². The van der Waals surface area contributed by atoms with E-state index in [0.29, 0.717) is 29.0 Å². The summed E-state index contributed by atoms with van der Waals surface area (Å²) in [6.45, 7) is 3.02. The van der Waals surface area contributed by atoms with E-state index < -0.39 is 0 Å². The summed E-state index contributed by atoms with van der Waals surface area (Å²) in [5.41, 5.74) is 0.615. The number of allylic oxidation sites excluding steroid dienone is 2. The first-order valence-electron chi connectivity index (χ1n) is 6.68. The molecule has 1 aliphatic rings. The number of carbonyl (C=O) groups is 1. The zero-order chi connectivity index (χ0) is 13.7. The van der Waals surface area contributed by atoms with Crippen LogP contribution in [0.2, 0.25) is 5.02 Å². The van der Waals surface area contributed by atoms with E-state index in [9.17, 15) is 4.79 Å². The number of halogens is 1. The number of ether oxygens (including phenoxy) is 1. The lowest BCUT2D eigenvalue weighted by molar-refractivity contribution is 0.0602. The predicted molar refractivity (Wildman–Crippen MR) is 77.6 cm³/mol. The summed E-state index contributed by atoms with van der Waals surface area (Å²) in [5, 5.41) is 0.580. The Balaban J connectivity index is 1.79. The van der Waals surface area contributed by atoms with E-state index in [4.69, 9.17) is 16.3 Å². The number of ketones is 1. The van der Waals surface area contributed by atoms with Gasteiger partial charge in [-0.2, -0.15) is 0 Å². The third-order valence-corrected chi connectivity index (χ3v) is 3.86. The van der Waals surface area contributed by atoms with Crippen LogP contribution in [0.1, 0.15) is 30.1 Å². The average Bonchev–Trinajstić information content (AvgIpc) is 2.41. The Kier molecular flexibility index (Phi) is 5.17. The molecular formula is C16H19ClO2. The Morgan fingerprint density at radius 3 is 2.89 bits per heavy atom. The summed E-state index contributed by atoms with van der Waals surface area (Å²) in [5.74, 6) is 1.14. The lowest BCUT2D eigenvalue weighted by Crippen LogP contribution is -2.21. The van der Waals surface area contributed by atoms with Gasteiger partial charge in [-0.25, -0.2) is 0 Å². The predicted octanol–water partition coefficient (Wildman–Crippen LogP) is 4.14. The molecule has 2 rings (SSSR count). The largest absolute Gasteiger partial charge is 0.373 e. The molecule has 102 valence electrons. The normalized spacial score (nSPS) is 22.4. The van der Waals surface area contributed by atoms with Gasteiger partial charge >= 0.3 is 0 Å². The number of rotatable bonds is 5. The molecule has 0 saturated heterocycles. The fourth-order valence-corrected chi connectivity index (χ4v) is 2.48. The van der Waals surface area contributed by atoms with Crippen LogP contribution in [0.15, 0.2) is 36.4 Å². The summed E-state index contributed by atoms with van der Waals surface area (Å²) in [6, 6.07) is 6.99. The third-order valence-electron chi connectivity index (χ3n) is 3.63. The van der Waals surface area contributed by atoms with E-state index >= 15 is 0 Å². The van der Waals surface area contributed by atoms with Crippen molar-refractivity contribution in [1.29, 1.82) is 0 Å². The van der Waals surface area contributed by atoms with Crippen molar-refractivity contribution in [3.63, 3.8) is 0 Å². The van der Waals surface area contributed by atoms with E-state index in [0.717, 1.165) is 12.8 Å². The minimum atomic E-state index is -0.0125. The lowest BCUT2D eigenvalue weighted by Gasteiger charge is -2.24. The van der Waals surface area contributed by atoms with Gasteiger partial charge in [0.05, 0.1) is 6.61 Å². The molecular weight excluding hydrogens is 260 g/mol. The summed E-state index contributed by atoms with van der Waals surface area (Å²) < 4.78 is 5.57. The van der Waals surface area contributed by atoms with Gasteiger partial charge in [-0.1, -0.05) is 42.8 Å². The van der Waals surface area contributed by atoms with Crippen molar-refractivity contribution in [2.75, 3.05) is 13.2 Å². The van der Waals surface area contributed by atoms with E-state index in [1.807, 2.05) is 0 Å². The van der Waals surface area contributed by atoms with Crippen molar-refractivity contribution in [3.05, 3.63) is 47.0 Å². The number of carbonyl (C=O) groups excluding carboxylic acids is 1. The molecule has 0 saturated carbocycles. The first-order valence-corrected chi connectivity index (χ1v) is 7.06. The van der Waals surface area contributed by atoms with Crippen molar-refractivity contribution in [3.8, 4) is 0 Å².